The molecule has 0 aliphatic heterocycles. The molecule has 0 radical (unpaired) electrons. The van der Waals surface area contributed by atoms with Crippen molar-refractivity contribution in [1.29, 1.82) is 0 Å². The van der Waals surface area contributed by atoms with E-state index in [2.05, 4.69) is 15.6 Å². The van der Waals surface area contributed by atoms with E-state index in [0.29, 0.717) is 22.8 Å². The van der Waals surface area contributed by atoms with Gasteiger partial charge in [-0.25, -0.2) is 0 Å². The normalized spacial score (nSPS) is 10.4. The van der Waals surface area contributed by atoms with Crippen LogP contribution in [-0.4, -0.2) is 16.8 Å². The molecule has 0 bridgehead atoms. The summed E-state index contributed by atoms with van der Waals surface area (Å²) in [4.78, 5) is 27.8. The lowest BCUT2D eigenvalue weighted by Crippen LogP contribution is -2.15. The quantitative estimate of drug-likeness (QED) is 0.639. The Labute approximate surface area is 145 Å². The van der Waals surface area contributed by atoms with Crippen LogP contribution >= 0.6 is 0 Å². The summed E-state index contributed by atoms with van der Waals surface area (Å²) in [5.41, 5.74) is 9.15. The van der Waals surface area contributed by atoms with Crippen LogP contribution in [0.1, 0.15) is 12.6 Å². The highest BCUT2D eigenvalue weighted by atomic mass is 16.2. The third-order valence-electron chi connectivity index (χ3n) is 3.58. The molecular formula is C19H18N4O2. The topological polar surface area (TPSA) is 97.1 Å². The van der Waals surface area contributed by atoms with Crippen LogP contribution in [0, 0.1) is 0 Å². The molecule has 1 aromatic heterocycles. The Morgan fingerprint density at radius 1 is 1.00 bits per heavy atom. The zero-order chi connectivity index (χ0) is 17.8. The highest BCUT2D eigenvalue weighted by Crippen LogP contribution is 2.18. The van der Waals surface area contributed by atoms with E-state index in [1.54, 1.807) is 30.3 Å². The minimum atomic E-state index is -0.178. The van der Waals surface area contributed by atoms with E-state index in [1.807, 2.05) is 24.3 Å². The molecule has 1 heterocycles. The number of carbonyl (C=O) groups is 2. The van der Waals surface area contributed by atoms with Gasteiger partial charge in [0, 0.05) is 29.4 Å². The number of nitrogens with one attached hydrogen (secondary N) is 2. The largest absolute Gasteiger partial charge is 0.399 e. The Bertz CT molecular complexity index is 953. The smallest absolute Gasteiger partial charge is 0.230 e. The molecule has 2 aromatic carbocycles. The van der Waals surface area contributed by atoms with Crippen molar-refractivity contribution >= 4 is 39.8 Å². The zero-order valence-electron chi connectivity index (χ0n) is 13.7. The van der Waals surface area contributed by atoms with Crippen molar-refractivity contribution in [2.45, 2.75) is 13.3 Å². The minimum Gasteiger partial charge on any atom is -0.399 e. The maximum absolute atomic E-state index is 12.2. The van der Waals surface area contributed by atoms with E-state index in [9.17, 15) is 9.59 Å². The predicted molar refractivity (Wildman–Crippen MR) is 99.2 cm³/mol. The lowest BCUT2D eigenvalue weighted by atomic mass is 10.1. The number of carbonyl (C=O) groups excluding carboxylic acids is 2. The summed E-state index contributed by atoms with van der Waals surface area (Å²) in [7, 11) is 0. The maximum atomic E-state index is 12.2. The Balaban J connectivity index is 1.70. The molecule has 3 rings (SSSR count). The number of hydrogen-bond acceptors (Lipinski definition) is 4. The Kier molecular flexibility index (Phi) is 4.61. The first-order valence-corrected chi connectivity index (χ1v) is 7.82. The van der Waals surface area contributed by atoms with Crippen LogP contribution < -0.4 is 16.4 Å². The summed E-state index contributed by atoms with van der Waals surface area (Å²) < 4.78 is 0. The third kappa shape index (κ3) is 4.32. The molecule has 0 unspecified atom stereocenters. The van der Waals surface area contributed by atoms with Crippen LogP contribution in [0.3, 0.4) is 0 Å². The first-order valence-electron chi connectivity index (χ1n) is 7.82. The second-order valence-corrected chi connectivity index (χ2v) is 5.74. The van der Waals surface area contributed by atoms with Crippen LogP contribution in [0.15, 0.2) is 54.6 Å². The Hall–Kier alpha value is -3.41. The van der Waals surface area contributed by atoms with Crippen molar-refractivity contribution in [3.8, 4) is 0 Å². The molecule has 0 atom stereocenters. The standard InChI is InChI=1S/C19H18N4O2/c1-12(24)21-15-3-2-4-16(10-15)23-19(25)11-17-7-5-13-9-14(20)6-8-18(13)22-17/h2-10H,11,20H2,1H3,(H,21,24)(H,23,25). The average molecular weight is 334 g/mol. The molecule has 0 fully saturated rings. The maximum Gasteiger partial charge on any atom is 0.230 e. The van der Waals surface area contributed by atoms with Gasteiger partial charge in [0.15, 0.2) is 0 Å². The molecule has 0 aliphatic carbocycles. The molecule has 3 aromatic rings. The number of nitrogens with zero attached hydrogens (tertiary/aromatic N) is 1. The van der Waals surface area contributed by atoms with Gasteiger partial charge in [0.1, 0.15) is 0 Å². The number of nitrogen functional groups attached to an aromatic ring is 1. The zero-order valence-corrected chi connectivity index (χ0v) is 13.7. The van der Waals surface area contributed by atoms with Crippen LogP contribution in [0.2, 0.25) is 0 Å². The number of fused-ring (bicyclic) bond motifs is 1. The van der Waals surface area contributed by atoms with E-state index in [-0.39, 0.29) is 18.2 Å². The molecule has 4 N–H and O–H groups in total. The van der Waals surface area contributed by atoms with Crippen LogP contribution in [0.5, 0.6) is 0 Å². The van der Waals surface area contributed by atoms with Gasteiger partial charge in [-0.15, -0.1) is 0 Å². The Morgan fingerprint density at radius 3 is 2.52 bits per heavy atom. The van der Waals surface area contributed by atoms with E-state index < -0.39 is 0 Å². The average Bonchev–Trinajstić information content (AvgIpc) is 2.54. The van der Waals surface area contributed by atoms with Gasteiger partial charge in [0.05, 0.1) is 17.6 Å². The van der Waals surface area contributed by atoms with E-state index in [4.69, 9.17) is 5.73 Å². The highest BCUT2D eigenvalue weighted by molar-refractivity contribution is 5.94. The van der Waals surface area contributed by atoms with Crippen molar-refractivity contribution in [3.05, 3.63) is 60.3 Å². The number of amides is 2. The van der Waals surface area contributed by atoms with E-state index in [1.165, 1.54) is 6.92 Å². The first kappa shape index (κ1) is 16.4. The number of aromatic nitrogens is 1. The second-order valence-electron chi connectivity index (χ2n) is 5.74. The number of anilines is 3. The SMILES string of the molecule is CC(=O)Nc1cccc(NC(=O)Cc2ccc3cc(N)ccc3n2)c1. The third-order valence-corrected chi connectivity index (χ3v) is 3.58. The fourth-order valence-corrected chi connectivity index (χ4v) is 2.53. The lowest BCUT2D eigenvalue weighted by molar-refractivity contribution is -0.116. The minimum absolute atomic E-state index is 0.157. The molecule has 0 saturated carbocycles. The lowest BCUT2D eigenvalue weighted by Gasteiger charge is -2.08. The summed E-state index contributed by atoms with van der Waals surface area (Å²) in [5, 5.41) is 6.43. The van der Waals surface area contributed by atoms with E-state index in [0.717, 1.165) is 10.9 Å². The molecule has 2 amide bonds. The second kappa shape index (κ2) is 7.00. The number of benzene rings is 2. The van der Waals surface area contributed by atoms with Crippen molar-refractivity contribution < 1.29 is 9.59 Å². The van der Waals surface area contributed by atoms with E-state index >= 15 is 0 Å². The molecule has 0 spiro atoms. The number of hydrogen-bond donors (Lipinski definition) is 3. The number of rotatable bonds is 4. The fraction of sp³-hybridized carbons (Fsp3) is 0.105. The molecule has 25 heavy (non-hydrogen) atoms. The predicted octanol–water partition coefficient (Wildman–Crippen LogP) is 2.96. The van der Waals surface area contributed by atoms with Crippen molar-refractivity contribution in [2.24, 2.45) is 0 Å². The van der Waals surface area contributed by atoms with Gasteiger partial charge in [-0.1, -0.05) is 12.1 Å². The van der Waals surface area contributed by atoms with Gasteiger partial charge in [-0.05, 0) is 42.5 Å². The van der Waals surface area contributed by atoms with Crippen LogP contribution in [-0.2, 0) is 16.0 Å². The number of nitrogens with two attached hydrogens (primary N) is 1. The molecular weight excluding hydrogens is 316 g/mol. The Morgan fingerprint density at radius 2 is 1.76 bits per heavy atom. The molecule has 0 aliphatic rings. The summed E-state index contributed by atoms with van der Waals surface area (Å²) in [6.07, 6.45) is 0.157. The van der Waals surface area contributed by atoms with Gasteiger partial charge >= 0.3 is 0 Å². The van der Waals surface area contributed by atoms with Crippen LogP contribution in [0.4, 0.5) is 17.1 Å². The number of pyridine rings is 1. The molecule has 126 valence electrons. The van der Waals surface area contributed by atoms with Crippen molar-refractivity contribution in [3.63, 3.8) is 0 Å². The van der Waals surface area contributed by atoms with Gasteiger partial charge in [-0.3, -0.25) is 14.6 Å². The summed E-state index contributed by atoms with van der Waals surface area (Å²) >= 11 is 0. The molecule has 0 saturated heterocycles. The summed E-state index contributed by atoms with van der Waals surface area (Å²) in [6.45, 7) is 1.43. The molecule has 6 heteroatoms. The van der Waals surface area contributed by atoms with Gasteiger partial charge in [-0.2, -0.15) is 0 Å². The monoisotopic (exact) mass is 334 g/mol. The highest BCUT2D eigenvalue weighted by Gasteiger charge is 2.07. The summed E-state index contributed by atoms with van der Waals surface area (Å²) in [6, 6.07) is 16.2. The molecule has 6 nitrogen and oxygen atoms in total. The summed E-state index contributed by atoms with van der Waals surface area (Å²) in [5.74, 6) is -0.341. The van der Waals surface area contributed by atoms with Crippen LogP contribution in [0.25, 0.3) is 10.9 Å². The van der Waals surface area contributed by atoms with Crippen molar-refractivity contribution in [2.75, 3.05) is 16.4 Å². The van der Waals surface area contributed by atoms with Gasteiger partial charge in [0.2, 0.25) is 11.8 Å². The van der Waals surface area contributed by atoms with Gasteiger partial charge < -0.3 is 16.4 Å². The fourth-order valence-electron chi connectivity index (χ4n) is 2.53. The first-order chi connectivity index (χ1) is 12.0. The van der Waals surface area contributed by atoms with Gasteiger partial charge in [0.25, 0.3) is 0 Å². The van der Waals surface area contributed by atoms with Crippen molar-refractivity contribution in [1.82, 2.24) is 4.98 Å².